The zero-order chi connectivity index (χ0) is 14.6. The highest BCUT2D eigenvalue weighted by molar-refractivity contribution is 5.23. The molecule has 1 aromatic carbocycles. The number of aliphatic hydroxyl groups is 1. The van der Waals surface area contributed by atoms with Gasteiger partial charge in [-0.05, 0) is 38.2 Å². The van der Waals surface area contributed by atoms with Crippen LogP contribution in [-0.4, -0.2) is 23.4 Å². The molecule has 0 radical (unpaired) electrons. The Bertz CT molecular complexity index is 425. The van der Waals surface area contributed by atoms with Gasteiger partial charge in [-0.2, -0.15) is 0 Å². The van der Waals surface area contributed by atoms with Crippen molar-refractivity contribution in [3.63, 3.8) is 0 Å². The topological polar surface area (TPSA) is 29.5 Å². The van der Waals surface area contributed by atoms with E-state index in [4.69, 9.17) is 4.74 Å². The van der Waals surface area contributed by atoms with Crippen LogP contribution in [0.4, 0.5) is 0 Å². The largest absolute Gasteiger partial charge is 0.390 e. The molecule has 0 bridgehead atoms. The Morgan fingerprint density at radius 1 is 1.45 bits per heavy atom. The van der Waals surface area contributed by atoms with Gasteiger partial charge in [0.15, 0.2) is 0 Å². The SMILES string of the molecule is CCOC1(C(O)Cc2cccc(C)c2)CCCC(C)C1. The van der Waals surface area contributed by atoms with Crippen LogP contribution >= 0.6 is 0 Å². The normalized spacial score (nSPS) is 28.3. The van der Waals surface area contributed by atoms with Crippen LogP contribution in [0, 0.1) is 12.8 Å². The third-order valence-corrected chi connectivity index (χ3v) is 4.54. The maximum Gasteiger partial charge on any atom is 0.0945 e. The summed E-state index contributed by atoms with van der Waals surface area (Å²) < 4.78 is 6.06. The summed E-state index contributed by atoms with van der Waals surface area (Å²) in [7, 11) is 0. The average molecular weight is 276 g/mol. The lowest BCUT2D eigenvalue weighted by molar-refractivity contribution is -0.147. The molecule has 3 unspecified atom stereocenters. The Labute approximate surface area is 123 Å². The number of hydrogen-bond donors (Lipinski definition) is 1. The van der Waals surface area contributed by atoms with Crippen molar-refractivity contribution < 1.29 is 9.84 Å². The van der Waals surface area contributed by atoms with Gasteiger partial charge in [-0.1, -0.05) is 49.6 Å². The highest BCUT2D eigenvalue weighted by Crippen LogP contribution is 2.38. The van der Waals surface area contributed by atoms with Gasteiger partial charge in [0.1, 0.15) is 0 Å². The van der Waals surface area contributed by atoms with Crippen molar-refractivity contribution in [1.29, 1.82) is 0 Å². The first-order valence-electron chi connectivity index (χ1n) is 7.93. The van der Waals surface area contributed by atoms with E-state index in [-0.39, 0.29) is 5.60 Å². The van der Waals surface area contributed by atoms with Crippen molar-refractivity contribution in [1.82, 2.24) is 0 Å². The lowest BCUT2D eigenvalue weighted by atomic mass is 9.74. The van der Waals surface area contributed by atoms with Crippen LogP contribution in [0.5, 0.6) is 0 Å². The van der Waals surface area contributed by atoms with Gasteiger partial charge in [0, 0.05) is 13.0 Å². The lowest BCUT2D eigenvalue weighted by Gasteiger charge is -2.43. The van der Waals surface area contributed by atoms with E-state index in [1.54, 1.807) is 0 Å². The summed E-state index contributed by atoms with van der Waals surface area (Å²) in [6, 6.07) is 8.42. The summed E-state index contributed by atoms with van der Waals surface area (Å²) in [4.78, 5) is 0. The summed E-state index contributed by atoms with van der Waals surface area (Å²) in [6.45, 7) is 7.07. The van der Waals surface area contributed by atoms with E-state index in [0.717, 1.165) is 19.3 Å². The minimum atomic E-state index is -0.410. The maximum atomic E-state index is 10.8. The molecular weight excluding hydrogens is 248 g/mol. The van der Waals surface area contributed by atoms with Gasteiger partial charge in [0.05, 0.1) is 11.7 Å². The van der Waals surface area contributed by atoms with Gasteiger partial charge in [-0.15, -0.1) is 0 Å². The molecule has 2 nitrogen and oxygen atoms in total. The van der Waals surface area contributed by atoms with Crippen LogP contribution in [0.3, 0.4) is 0 Å². The standard InChI is InChI=1S/C18H28O2/c1-4-20-18(10-6-8-15(3)13-18)17(19)12-16-9-5-7-14(2)11-16/h5,7,9,11,15,17,19H,4,6,8,10,12-13H2,1-3H3. The molecule has 2 heteroatoms. The molecule has 0 amide bonds. The second-order valence-corrected chi connectivity index (χ2v) is 6.41. The van der Waals surface area contributed by atoms with Gasteiger partial charge >= 0.3 is 0 Å². The Balaban J connectivity index is 2.12. The molecule has 0 saturated heterocycles. The second kappa shape index (κ2) is 6.73. The van der Waals surface area contributed by atoms with Crippen molar-refractivity contribution in [3.8, 4) is 0 Å². The fourth-order valence-corrected chi connectivity index (χ4v) is 3.61. The van der Waals surface area contributed by atoms with Crippen LogP contribution in [0.2, 0.25) is 0 Å². The number of ether oxygens (including phenoxy) is 1. The van der Waals surface area contributed by atoms with Crippen LogP contribution in [-0.2, 0) is 11.2 Å². The number of aliphatic hydroxyl groups excluding tert-OH is 1. The van der Waals surface area contributed by atoms with Crippen LogP contribution in [0.15, 0.2) is 24.3 Å². The number of aryl methyl sites for hydroxylation is 1. The van der Waals surface area contributed by atoms with Crippen LogP contribution in [0.1, 0.15) is 50.7 Å². The first-order chi connectivity index (χ1) is 9.55. The van der Waals surface area contributed by atoms with E-state index in [0.29, 0.717) is 18.9 Å². The summed E-state index contributed by atoms with van der Waals surface area (Å²) in [5.41, 5.74) is 2.11. The van der Waals surface area contributed by atoms with Crippen molar-refractivity contribution in [2.45, 2.75) is 64.6 Å². The smallest absolute Gasteiger partial charge is 0.0945 e. The quantitative estimate of drug-likeness (QED) is 0.884. The van der Waals surface area contributed by atoms with Crippen molar-refractivity contribution >= 4 is 0 Å². The van der Waals surface area contributed by atoms with E-state index >= 15 is 0 Å². The van der Waals surface area contributed by atoms with E-state index in [9.17, 15) is 5.11 Å². The zero-order valence-corrected chi connectivity index (χ0v) is 13.1. The second-order valence-electron chi connectivity index (χ2n) is 6.41. The predicted molar refractivity (Wildman–Crippen MR) is 82.9 cm³/mol. The Morgan fingerprint density at radius 3 is 2.90 bits per heavy atom. The highest BCUT2D eigenvalue weighted by atomic mass is 16.5. The molecule has 1 aliphatic rings. The minimum absolute atomic E-state index is 0.337. The molecule has 0 heterocycles. The van der Waals surface area contributed by atoms with E-state index < -0.39 is 6.10 Å². The first-order valence-corrected chi connectivity index (χ1v) is 7.93. The average Bonchev–Trinajstić information content (AvgIpc) is 2.39. The van der Waals surface area contributed by atoms with E-state index in [1.807, 2.05) is 6.92 Å². The molecule has 112 valence electrons. The molecule has 1 aliphatic carbocycles. The van der Waals surface area contributed by atoms with Crippen LogP contribution < -0.4 is 0 Å². The van der Waals surface area contributed by atoms with Gasteiger partial charge in [0.2, 0.25) is 0 Å². The zero-order valence-electron chi connectivity index (χ0n) is 13.1. The molecule has 20 heavy (non-hydrogen) atoms. The maximum absolute atomic E-state index is 10.8. The summed E-state index contributed by atoms with van der Waals surface area (Å²) in [6.07, 6.45) is 4.66. The summed E-state index contributed by atoms with van der Waals surface area (Å²) >= 11 is 0. The molecule has 1 fully saturated rings. The molecule has 0 aliphatic heterocycles. The minimum Gasteiger partial charge on any atom is -0.390 e. The van der Waals surface area contributed by atoms with Crippen LogP contribution in [0.25, 0.3) is 0 Å². The molecular formula is C18H28O2. The third-order valence-electron chi connectivity index (χ3n) is 4.54. The lowest BCUT2D eigenvalue weighted by Crippen LogP contribution is -2.49. The molecule has 1 saturated carbocycles. The Hall–Kier alpha value is -0.860. The summed E-state index contributed by atoms with van der Waals surface area (Å²) in [5.74, 6) is 0.641. The van der Waals surface area contributed by atoms with E-state index in [2.05, 4.69) is 38.1 Å². The first kappa shape index (κ1) is 15.5. The van der Waals surface area contributed by atoms with Gasteiger partial charge in [0.25, 0.3) is 0 Å². The molecule has 0 aromatic heterocycles. The van der Waals surface area contributed by atoms with Crippen molar-refractivity contribution in [2.75, 3.05) is 6.61 Å². The summed E-state index contributed by atoms with van der Waals surface area (Å²) in [5, 5.41) is 10.8. The van der Waals surface area contributed by atoms with Gasteiger partial charge in [-0.3, -0.25) is 0 Å². The number of benzene rings is 1. The molecule has 3 atom stereocenters. The Morgan fingerprint density at radius 2 is 2.25 bits per heavy atom. The van der Waals surface area contributed by atoms with Crippen molar-refractivity contribution in [2.24, 2.45) is 5.92 Å². The molecule has 0 spiro atoms. The Kier molecular flexibility index (Phi) is 5.22. The molecule has 1 aromatic rings. The fraction of sp³-hybridized carbons (Fsp3) is 0.667. The number of rotatable bonds is 5. The monoisotopic (exact) mass is 276 g/mol. The van der Waals surface area contributed by atoms with Gasteiger partial charge in [-0.25, -0.2) is 0 Å². The molecule has 1 N–H and O–H groups in total. The highest BCUT2D eigenvalue weighted by Gasteiger charge is 2.41. The predicted octanol–water partition coefficient (Wildman–Crippen LogP) is 3.88. The fourth-order valence-electron chi connectivity index (χ4n) is 3.61. The molecule has 2 rings (SSSR count). The third kappa shape index (κ3) is 3.62. The van der Waals surface area contributed by atoms with E-state index in [1.165, 1.54) is 17.5 Å². The number of hydrogen-bond acceptors (Lipinski definition) is 2. The van der Waals surface area contributed by atoms with Gasteiger partial charge < -0.3 is 9.84 Å². The van der Waals surface area contributed by atoms with Crippen molar-refractivity contribution in [3.05, 3.63) is 35.4 Å².